The molecule has 1 aliphatic rings. The van der Waals surface area contributed by atoms with Gasteiger partial charge in [0, 0.05) is 16.8 Å². The molecule has 0 amide bonds. The van der Waals surface area contributed by atoms with Gasteiger partial charge in [0.1, 0.15) is 6.54 Å². The summed E-state index contributed by atoms with van der Waals surface area (Å²) < 4.78 is 0. The molecule has 0 aromatic heterocycles. The Hall–Kier alpha value is -1.48. The minimum absolute atomic E-state index is 0.0106. The molecule has 1 aromatic rings. The highest BCUT2D eigenvalue weighted by Crippen LogP contribution is 2.24. The fourth-order valence-electron chi connectivity index (χ4n) is 2.23. The molecule has 1 atom stereocenters. The molecule has 0 bridgehead atoms. The molecule has 1 N–H and O–H groups in total. The maximum Gasteiger partial charge on any atom is 0.323 e. The Labute approximate surface area is 112 Å². The van der Waals surface area contributed by atoms with Crippen LogP contribution in [0.15, 0.2) is 36.4 Å². The molecule has 0 saturated carbocycles. The van der Waals surface area contributed by atoms with Gasteiger partial charge in [-0.3, -0.25) is 4.79 Å². The summed E-state index contributed by atoms with van der Waals surface area (Å²) >= 11 is 5.86. The van der Waals surface area contributed by atoms with Gasteiger partial charge in [-0.1, -0.05) is 23.8 Å². The highest BCUT2D eigenvalue weighted by atomic mass is 35.5. The molecule has 0 saturated heterocycles. The van der Waals surface area contributed by atoms with E-state index in [0.717, 1.165) is 24.9 Å². The van der Waals surface area contributed by atoms with Gasteiger partial charge < -0.3 is 10.0 Å². The van der Waals surface area contributed by atoms with E-state index >= 15 is 0 Å². The van der Waals surface area contributed by atoms with Crippen molar-refractivity contribution >= 4 is 23.3 Å². The summed E-state index contributed by atoms with van der Waals surface area (Å²) in [5, 5.41) is 9.70. The first-order chi connectivity index (χ1) is 8.66. The number of benzene rings is 1. The first-order valence-electron chi connectivity index (χ1n) is 6.07. The second kappa shape index (κ2) is 5.91. The Morgan fingerprint density at radius 3 is 2.67 bits per heavy atom. The number of anilines is 1. The topological polar surface area (TPSA) is 40.5 Å². The van der Waals surface area contributed by atoms with Crippen molar-refractivity contribution in [3.8, 4) is 0 Å². The minimum Gasteiger partial charge on any atom is -0.480 e. The van der Waals surface area contributed by atoms with Gasteiger partial charge in [0.2, 0.25) is 0 Å². The van der Waals surface area contributed by atoms with Crippen LogP contribution in [0.4, 0.5) is 5.69 Å². The monoisotopic (exact) mass is 265 g/mol. The standard InChI is InChI=1S/C14H16ClNO2/c15-11-6-8-13(9-7-11)16(10-14(17)18)12-4-2-1-3-5-12/h2,4,6-9,12H,1,3,5,10H2,(H,17,18). The third-order valence-electron chi connectivity index (χ3n) is 3.09. The van der Waals surface area contributed by atoms with E-state index in [0.29, 0.717) is 5.02 Å². The van der Waals surface area contributed by atoms with Crippen LogP contribution in [-0.4, -0.2) is 23.7 Å². The quantitative estimate of drug-likeness (QED) is 0.849. The molecule has 0 aliphatic heterocycles. The normalized spacial score (nSPS) is 18.6. The van der Waals surface area contributed by atoms with Gasteiger partial charge in [0.25, 0.3) is 0 Å². The Morgan fingerprint density at radius 1 is 1.39 bits per heavy atom. The van der Waals surface area contributed by atoms with Crippen LogP contribution in [0.1, 0.15) is 19.3 Å². The second-order valence-corrected chi connectivity index (χ2v) is 4.86. The van der Waals surface area contributed by atoms with Gasteiger partial charge in [0.05, 0.1) is 0 Å². The molecule has 1 aromatic carbocycles. The summed E-state index contributed by atoms with van der Waals surface area (Å²) in [6, 6.07) is 7.48. The zero-order chi connectivity index (χ0) is 13.0. The number of hydrogen-bond donors (Lipinski definition) is 1. The molecule has 0 radical (unpaired) electrons. The van der Waals surface area contributed by atoms with E-state index in [2.05, 4.69) is 12.2 Å². The second-order valence-electron chi connectivity index (χ2n) is 4.42. The molecule has 0 fully saturated rings. The van der Waals surface area contributed by atoms with Crippen LogP contribution < -0.4 is 4.90 Å². The first-order valence-corrected chi connectivity index (χ1v) is 6.45. The van der Waals surface area contributed by atoms with Gasteiger partial charge in [-0.05, 0) is 43.5 Å². The Kier molecular flexibility index (Phi) is 4.26. The molecule has 2 rings (SSSR count). The number of carboxylic acid groups (broad SMARTS) is 1. The van der Waals surface area contributed by atoms with Crippen molar-refractivity contribution in [2.75, 3.05) is 11.4 Å². The Balaban J connectivity index is 2.23. The van der Waals surface area contributed by atoms with Crippen molar-refractivity contribution in [1.29, 1.82) is 0 Å². The Morgan fingerprint density at radius 2 is 2.11 bits per heavy atom. The number of rotatable bonds is 4. The molecular weight excluding hydrogens is 250 g/mol. The van der Waals surface area contributed by atoms with Gasteiger partial charge in [-0.15, -0.1) is 0 Å². The van der Waals surface area contributed by atoms with E-state index < -0.39 is 5.97 Å². The van der Waals surface area contributed by atoms with Gasteiger partial charge in [0.15, 0.2) is 0 Å². The summed E-state index contributed by atoms with van der Waals surface area (Å²) in [5.41, 5.74) is 0.901. The molecule has 0 spiro atoms. The largest absolute Gasteiger partial charge is 0.480 e. The van der Waals surface area contributed by atoms with Gasteiger partial charge in [-0.2, -0.15) is 0 Å². The third kappa shape index (κ3) is 3.26. The van der Waals surface area contributed by atoms with Crippen LogP contribution in [-0.2, 0) is 4.79 Å². The van der Waals surface area contributed by atoms with Crippen molar-refractivity contribution < 1.29 is 9.90 Å². The van der Waals surface area contributed by atoms with Crippen molar-refractivity contribution in [3.63, 3.8) is 0 Å². The first kappa shape index (κ1) is 13.0. The van der Waals surface area contributed by atoms with Crippen molar-refractivity contribution in [2.24, 2.45) is 0 Å². The predicted octanol–water partition coefficient (Wildman–Crippen LogP) is 3.34. The fourth-order valence-corrected chi connectivity index (χ4v) is 2.36. The summed E-state index contributed by atoms with van der Waals surface area (Å²) in [4.78, 5) is 12.9. The van der Waals surface area contributed by atoms with Crippen LogP contribution in [0.25, 0.3) is 0 Å². The van der Waals surface area contributed by atoms with E-state index in [4.69, 9.17) is 16.7 Å². The third-order valence-corrected chi connectivity index (χ3v) is 3.35. The zero-order valence-corrected chi connectivity index (χ0v) is 10.8. The molecule has 1 aliphatic carbocycles. The van der Waals surface area contributed by atoms with Crippen LogP contribution in [0, 0.1) is 0 Å². The lowest BCUT2D eigenvalue weighted by molar-refractivity contribution is -0.135. The molecule has 96 valence electrons. The predicted molar refractivity (Wildman–Crippen MR) is 73.2 cm³/mol. The smallest absolute Gasteiger partial charge is 0.323 e. The SMILES string of the molecule is O=C(O)CN(c1ccc(Cl)cc1)C1C=CCCC1. The maximum absolute atomic E-state index is 11.0. The van der Waals surface area contributed by atoms with Gasteiger partial charge in [-0.25, -0.2) is 0 Å². The fraction of sp³-hybridized carbons (Fsp3) is 0.357. The maximum atomic E-state index is 11.0. The van der Waals surface area contributed by atoms with Crippen molar-refractivity contribution in [2.45, 2.75) is 25.3 Å². The van der Waals surface area contributed by atoms with Gasteiger partial charge >= 0.3 is 5.97 Å². The number of allylic oxidation sites excluding steroid dienone is 1. The lowest BCUT2D eigenvalue weighted by Gasteiger charge is -2.32. The molecule has 1 unspecified atom stereocenters. The highest BCUT2D eigenvalue weighted by Gasteiger charge is 2.20. The van der Waals surface area contributed by atoms with E-state index in [9.17, 15) is 4.79 Å². The lowest BCUT2D eigenvalue weighted by Crippen LogP contribution is -2.38. The average molecular weight is 266 g/mol. The van der Waals surface area contributed by atoms with Crippen LogP contribution >= 0.6 is 11.6 Å². The zero-order valence-electron chi connectivity index (χ0n) is 10.1. The summed E-state index contributed by atoms with van der Waals surface area (Å²) in [6.07, 6.45) is 7.40. The number of carbonyl (C=O) groups is 1. The van der Waals surface area contributed by atoms with E-state index in [-0.39, 0.29) is 12.6 Å². The van der Waals surface area contributed by atoms with Crippen LogP contribution in [0.5, 0.6) is 0 Å². The molecule has 4 heteroatoms. The minimum atomic E-state index is -0.816. The average Bonchev–Trinajstić information content (AvgIpc) is 2.38. The Bertz CT molecular complexity index is 442. The number of hydrogen-bond acceptors (Lipinski definition) is 2. The van der Waals surface area contributed by atoms with E-state index in [1.807, 2.05) is 17.0 Å². The lowest BCUT2D eigenvalue weighted by atomic mass is 10.0. The summed E-state index contributed by atoms with van der Waals surface area (Å²) in [7, 11) is 0. The number of carboxylic acids is 1. The summed E-state index contributed by atoms with van der Waals surface area (Å²) in [5.74, 6) is -0.816. The highest BCUT2D eigenvalue weighted by molar-refractivity contribution is 6.30. The molecule has 18 heavy (non-hydrogen) atoms. The molecular formula is C14H16ClNO2. The molecule has 3 nitrogen and oxygen atoms in total. The van der Waals surface area contributed by atoms with Crippen molar-refractivity contribution in [1.82, 2.24) is 0 Å². The van der Waals surface area contributed by atoms with Crippen molar-refractivity contribution in [3.05, 3.63) is 41.4 Å². The van der Waals surface area contributed by atoms with E-state index in [1.165, 1.54) is 0 Å². The number of aliphatic carboxylic acids is 1. The number of halogens is 1. The van der Waals surface area contributed by atoms with Crippen LogP contribution in [0.2, 0.25) is 5.02 Å². The molecule has 0 heterocycles. The van der Waals surface area contributed by atoms with Crippen LogP contribution in [0.3, 0.4) is 0 Å². The number of nitrogens with zero attached hydrogens (tertiary/aromatic N) is 1. The summed E-state index contributed by atoms with van der Waals surface area (Å²) in [6.45, 7) is 0.0106. The van der Waals surface area contributed by atoms with E-state index in [1.54, 1.807) is 12.1 Å².